The minimum atomic E-state index is -1.28. The van der Waals surface area contributed by atoms with Crippen molar-refractivity contribution in [2.75, 3.05) is 13.2 Å². The highest BCUT2D eigenvalue weighted by Gasteiger charge is 2.08. The minimum Gasteiger partial charge on any atom is -0.396 e. The SMILES string of the molecule is OCCCC(CO)CCC(O)O. The first-order chi connectivity index (χ1) is 5.70. The van der Waals surface area contributed by atoms with Gasteiger partial charge in [0.05, 0.1) is 0 Å². The Kier molecular flexibility index (Phi) is 7.39. The smallest absolute Gasteiger partial charge is 0.151 e. The summed E-state index contributed by atoms with van der Waals surface area (Å²) in [5, 5.41) is 34.4. The van der Waals surface area contributed by atoms with E-state index in [9.17, 15) is 0 Å². The van der Waals surface area contributed by atoms with E-state index in [1.54, 1.807) is 0 Å². The van der Waals surface area contributed by atoms with Crippen LogP contribution in [0, 0.1) is 5.92 Å². The standard InChI is InChI=1S/C8H18O4/c9-5-1-2-7(6-10)3-4-8(11)12/h7-12H,1-6H2. The molecule has 0 bridgehead atoms. The summed E-state index contributed by atoms with van der Waals surface area (Å²) in [6.07, 6.45) is 0.991. The molecule has 4 N–H and O–H groups in total. The molecule has 0 aromatic heterocycles. The predicted octanol–water partition coefficient (Wildman–Crippen LogP) is -0.542. The third kappa shape index (κ3) is 6.54. The zero-order valence-corrected chi connectivity index (χ0v) is 7.19. The fraction of sp³-hybridized carbons (Fsp3) is 1.00. The van der Waals surface area contributed by atoms with Crippen LogP contribution in [0.3, 0.4) is 0 Å². The molecular weight excluding hydrogens is 160 g/mol. The molecule has 1 atom stereocenters. The lowest BCUT2D eigenvalue weighted by Gasteiger charge is -2.13. The Morgan fingerprint density at radius 2 is 1.58 bits per heavy atom. The van der Waals surface area contributed by atoms with Gasteiger partial charge in [-0.25, -0.2) is 0 Å². The lowest BCUT2D eigenvalue weighted by atomic mass is 9.99. The summed E-state index contributed by atoms with van der Waals surface area (Å²) in [7, 11) is 0. The summed E-state index contributed by atoms with van der Waals surface area (Å²) < 4.78 is 0. The maximum Gasteiger partial charge on any atom is 0.151 e. The average Bonchev–Trinajstić information content (AvgIpc) is 2.05. The summed E-state index contributed by atoms with van der Waals surface area (Å²) in [4.78, 5) is 0. The van der Waals surface area contributed by atoms with E-state index in [2.05, 4.69) is 0 Å². The van der Waals surface area contributed by atoms with Gasteiger partial charge in [-0.1, -0.05) is 0 Å². The van der Waals surface area contributed by atoms with Crippen LogP contribution in [-0.2, 0) is 0 Å². The van der Waals surface area contributed by atoms with Crippen LogP contribution in [0.5, 0.6) is 0 Å². The van der Waals surface area contributed by atoms with Crippen molar-refractivity contribution < 1.29 is 20.4 Å². The van der Waals surface area contributed by atoms with Gasteiger partial charge in [0.25, 0.3) is 0 Å². The van der Waals surface area contributed by atoms with Crippen molar-refractivity contribution in [1.82, 2.24) is 0 Å². The van der Waals surface area contributed by atoms with Gasteiger partial charge in [-0.3, -0.25) is 0 Å². The van der Waals surface area contributed by atoms with Crippen LogP contribution in [0.2, 0.25) is 0 Å². The molecule has 0 rings (SSSR count). The fourth-order valence-corrected chi connectivity index (χ4v) is 1.09. The molecule has 0 spiro atoms. The Balaban J connectivity index is 3.39. The van der Waals surface area contributed by atoms with E-state index in [0.29, 0.717) is 12.8 Å². The number of hydrogen-bond donors (Lipinski definition) is 4. The number of aliphatic hydroxyl groups excluding tert-OH is 3. The molecule has 0 aliphatic heterocycles. The van der Waals surface area contributed by atoms with Crippen molar-refractivity contribution in [1.29, 1.82) is 0 Å². The molecule has 0 saturated carbocycles. The average molecular weight is 178 g/mol. The van der Waals surface area contributed by atoms with Crippen molar-refractivity contribution >= 4 is 0 Å². The quantitative estimate of drug-likeness (QED) is 0.395. The summed E-state index contributed by atoms with van der Waals surface area (Å²) in [6.45, 7) is 0.172. The largest absolute Gasteiger partial charge is 0.396 e. The Labute approximate surface area is 72.5 Å². The molecule has 0 radical (unpaired) electrons. The van der Waals surface area contributed by atoms with Gasteiger partial charge in [-0.2, -0.15) is 0 Å². The van der Waals surface area contributed by atoms with Crippen molar-refractivity contribution in [3.63, 3.8) is 0 Å². The van der Waals surface area contributed by atoms with Crippen LogP contribution in [0.15, 0.2) is 0 Å². The summed E-state index contributed by atoms with van der Waals surface area (Å²) >= 11 is 0. The molecule has 0 aliphatic rings. The van der Waals surface area contributed by atoms with E-state index in [1.165, 1.54) is 0 Å². The lowest BCUT2D eigenvalue weighted by molar-refractivity contribution is -0.0503. The Morgan fingerprint density at radius 1 is 0.917 bits per heavy atom. The number of hydrogen-bond acceptors (Lipinski definition) is 4. The van der Waals surface area contributed by atoms with Crippen LogP contribution < -0.4 is 0 Å². The molecule has 0 aromatic carbocycles. The van der Waals surface area contributed by atoms with Crippen LogP contribution in [0.1, 0.15) is 25.7 Å². The van der Waals surface area contributed by atoms with Crippen LogP contribution in [-0.4, -0.2) is 39.9 Å². The molecule has 0 amide bonds. The van der Waals surface area contributed by atoms with Gasteiger partial charge in [0.2, 0.25) is 0 Å². The van der Waals surface area contributed by atoms with E-state index in [0.717, 1.165) is 6.42 Å². The maximum absolute atomic E-state index is 8.82. The first kappa shape index (κ1) is 11.8. The first-order valence-corrected chi connectivity index (χ1v) is 4.28. The van der Waals surface area contributed by atoms with Crippen molar-refractivity contribution in [2.24, 2.45) is 5.92 Å². The molecular formula is C8H18O4. The molecule has 0 fully saturated rings. The molecule has 0 heterocycles. The highest BCUT2D eigenvalue weighted by molar-refractivity contribution is 4.58. The molecule has 12 heavy (non-hydrogen) atoms. The molecule has 1 unspecified atom stereocenters. The predicted molar refractivity (Wildman–Crippen MR) is 44.4 cm³/mol. The van der Waals surface area contributed by atoms with E-state index in [4.69, 9.17) is 20.4 Å². The molecule has 74 valence electrons. The second-order valence-electron chi connectivity index (χ2n) is 2.97. The van der Waals surface area contributed by atoms with E-state index in [-0.39, 0.29) is 25.6 Å². The monoisotopic (exact) mass is 178 g/mol. The summed E-state index contributed by atoms with van der Waals surface area (Å²) in [6, 6.07) is 0. The molecule has 0 saturated heterocycles. The van der Waals surface area contributed by atoms with E-state index < -0.39 is 6.29 Å². The third-order valence-electron chi connectivity index (χ3n) is 1.86. The first-order valence-electron chi connectivity index (χ1n) is 4.28. The molecule has 4 heteroatoms. The van der Waals surface area contributed by atoms with Gasteiger partial charge in [0.1, 0.15) is 0 Å². The van der Waals surface area contributed by atoms with Crippen LogP contribution in [0.4, 0.5) is 0 Å². The van der Waals surface area contributed by atoms with E-state index >= 15 is 0 Å². The lowest BCUT2D eigenvalue weighted by Crippen LogP contribution is -2.12. The summed E-state index contributed by atoms with van der Waals surface area (Å²) in [5.41, 5.74) is 0. The highest BCUT2D eigenvalue weighted by Crippen LogP contribution is 2.13. The van der Waals surface area contributed by atoms with Gasteiger partial charge < -0.3 is 20.4 Å². The van der Waals surface area contributed by atoms with Gasteiger partial charge in [0, 0.05) is 13.2 Å². The zero-order valence-electron chi connectivity index (χ0n) is 7.19. The Morgan fingerprint density at radius 3 is 2.00 bits per heavy atom. The van der Waals surface area contributed by atoms with E-state index in [1.807, 2.05) is 0 Å². The Bertz CT molecular complexity index is 95.1. The number of rotatable bonds is 7. The van der Waals surface area contributed by atoms with Crippen molar-refractivity contribution in [3.05, 3.63) is 0 Å². The Hall–Kier alpha value is -0.160. The second kappa shape index (κ2) is 7.49. The van der Waals surface area contributed by atoms with Crippen LogP contribution >= 0.6 is 0 Å². The fourth-order valence-electron chi connectivity index (χ4n) is 1.09. The van der Waals surface area contributed by atoms with Gasteiger partial charge in [-0.15, -0.1) is 0 Å². The highest BCUT2D eigenvalue weighted by atomic mass is 16.5. The number of aliphatic hydroxyl groups is 4. The van der Waals surface area contributed by atoms with Crippen molar-refractivity contribution in [3.8, 4) is 0 Å². The van der Waals surface area contributed by atoms with Crippen molar-refractivity contribution in [2.45, 2.75) is 32.0 Å². The van der Waals surface area contributed by atoms with Crippen LogP contribution in [0.25, 0.3) is 0 Å². The van der Waals surface area contributed by atoms with Gasteiger partial charge in [-0.05, 0) is 31.6 Å². The normalized spacial score (nSPS) is 13.8. The third-order valence-corrected chi connectivity index (χ3v) is 1.86. The molecule has 4 nitrogen and oxygen atoms in total. The summed E-state index contributed by atoms with van der Waals surface area (Å²) in [5.74, 6) is 0.0824. The topological polar surface area (TPSA) is 80.9 Å². The maximum atomic E-state index is 8.82. The zero-order chi connectivity index (χ0) is 9.40. The second-order valence-corrected chi connectivity index (χ2v) is 2.97. The minimum absolute atomic E-state index is 0.0483. The molecule has 0 aliphatic carbocycles. The van der Waals surface area contributed by atoms with Gasteiger partial charge in [0.15, 0.2) is 6.29 Å². The van der Waals surface area contributed by atoms with Gasteiger partial charge >= 0.3 is 0 Å². The molecule has 0 aromatic rings.